The highest BCUT2D eigenvalue weighted by atomic mass is 28.4. The lowest BCUT2D eigenvalue weighted by Crippen LogP contribution is -2.61. The fraction of sp³-hybridized carbons (Fsp3) is 0.581. The van der Waals surface area contributed by atoms with E-state index < -0.39 is 16.9 Å². The second-order valence-corrected chi connectivity index (χ2v) is 21.2. The van der Waals surface area contributed by atoms with E-state index in [1.807, 2.05) is 12.3 Å². The van der Waals surface area contributed by atoms with E-state index in [0.717, 1.165) is 23.3 Å². The van der Waals surface area contributed by atoms with E-state index >= 15 is 0 Å². The van der Waals surface area contributed by atoms with Crippen LogP contribution < -0.4 is 5.56 Å². The summed E-state index contributed by atoms with van der Waals surface area (Å²) in [4.78, 5) is 12.8. The SMILES string of the molecule is CCc1ccc(Cn2cc(C3=C[C@@H](O[Si](C(C)C)(C(C)C)C(C)C)[C@@H]4O[Si](C)(C)OC[C@H]4O3)ccc2=O)cc1. The number of rotatable bonds is 9. The summed E-state index contributed by atoms with van der Waals surface area (Å²) < 4.78 is 28.3. The molecule has 0 radical (unpaired) electrons. The summed E-state index contributed by atoms with van der Waals surface area (Å²) in [6.45, 7) is 21.1. The van der Waals surface area contributed by atoms with Crippen LogP contribution in [-0.2, 0) is 31.0 Å². The van der Waals surface area contributed by atoms with Crippen LogP contribution in [-0.4, -0.2) is 46.4 Å². The van der Waals surface area contributed by atoms with Gasteiger partial charge in [-0.25, -0.2) is 0 Å². The third-order valence-corrected chi connectivity index (χ3v) is 16.2. The number of hydrogen-bond acceptors (Lipinski definition) is 5. The first kappa shape index (κ1) is 30.0. The van der Waals surface area contributed by atoms with Crippen molar-refractivity contribution in [2.45, 2.75) is 109 Å². The average molecular weight is 570 g/mol. The predicted molar refractivity (Wildman–Crippen MR) is 163 cm³/mol. The number of aromatic nitrogens is 1. The molecule has 1 saturated heterocycles. The molecule has 8 heteroatoms. The van der Waals surface area contributed by atoms with Gasteiger partial charge in [-0.15, -0.1) is 0 Å². The van der Waals surface area contributed by atoms with Gasteiger partial charge >= 0.3 is 8.56 Å². The van der Waals surface area contributed by atoms with Crippen LogP contribution in [0.2, 0.25) is 29.7 Å². The summed E-state index contributed by atoms with van der Waals surface area (Å²) in [5.41, 5.74) is 4.54. The minimum atomic E-state index is -2.28. The Morgan fingerprint density at radius 1 is 0.974 bits per heavy atom. The van der Waals surface area contributed by atoms with Crippen molar-refractivity contribution < 1.29 is 18.0 Å². The first-order valence-corrected chi connectivity index (χ1v) is 19.5. The fourth-order valence-corrected chi connectivity index (χ4v) is 13.5. The van der Waals surface area contributed by atoms with Crippen molar-refractivity contribution in [3.63, 3.8) is 0 Å². The molecule has 3 heterocycles. The average Bonchev–Trinajstić information content (AvgIpc) is 2.88. The normalized spacial score (nSPS) is 23.1. The zero-order valence-electron chi connectivity index (χ0n) is 25.2. The van der Waals surface area contributed by atoms with Gasteiger partial charge in [-0.2, -0.15) is 0 Å². The van der Waals surface area contributed by atoms with Crippen molar-refractivity contribution in [2.24, 2.45) is 0 Å². The maximum absolute atomic E-state index is 12.8. The van der Waals surface area contributed by atoms with Crippen LogP contribution in [0, 0.1) is 0 Å². The van der Waals surface area contributed by atoms with Gasteiger partial charge in [-0.3, -0.25) is 4.79 Å². The van der Waals surface area contributed by atoms with Crippen molar-refractivity contribution in [1.29, 1.82) is 0 Å². The van der Waals surface area contributed by atoms with Crippen molar-refractivity contribution >= 4 is 22.6 Å². The van der Waals surface area contributed by atoms with E-state index in [4.69, 9.17) is 18.0 Å². The molecule has 0 spiro atoms. The maximum atomic E-state index is 12.8. The minimum absolute atomic E-state index is 0.0386. The van der Waals surface area contributed by atoms with E-state index in [2.05, 4.69) is 91.9 Å². The maximum Gasteiger partial charge on any atom is 0.332 e. The van der Waals surface area contributed by atoms with Gasteiger partial charge in [0.2, 0.25) is 8.32 Å². The smallest absolute Gasteiger partial charge is 0.332 e. The first-order valence-electron chi connectivity index (χ1n) is 14.5. The van der Waals surface area contributed by atoms with Crippen LogP contribution in [0.15, 0.2) is 53.5 Å². The second kappa shape index (κ2) is 11.9. The second-order valence-electron chi connectivity index (χ2n) is 12.4. The van der Waals surface area contributed by atoms with Crippen LogP contribution in [0.1, 0.15) is 65.2 Å². The Labute approximate surface area is 236 Å². The fourth-order valence-electron chi connectivity index (χ4n) is 6.43. The molecule has 0 amide bonds. The van der Waals surface area contributed by atoms with E-state index in [1.54, 1.807) is 10.6 Å². The number of aryl methyl sites for hydroxylation is 1. The van der Waals surface area contributed by atoms with Crippen LogP contribution >= 0.6 is 0 Å². The lowest BCUT2D eigenvalue weighted by Gasteiger charge is -2.50. The molecule has 6 nitrogen and oxygen atoms in total. The van der Waals surface area contributed by atoms with Crippen LogP contribution in [0.25, 0.3) is 5.76 Å². The van der Waals surface area contributed by atoms with E-state index in [-0.39, 0.29) is 23.9 Å². The highest BCUT2D eigenvalue weighted by Crippen LogP contribution is 2.45. The van der Waals surface area contributed by atoms with Crippen molar-refractivity contribution in [1.82, 2.24) is 4.57 Å². The summed E-state index contributed by atoms with van der Waals surface area (Å²) in [6, 6.07) is 11.9. The number of benzene rings is 1. The third-order valence-electron chi connectivity index (χ3n) is 8.40. The number of pyridine rings is 1. The van der Waals surface area contributed by atoms with Crippen molar-refractivity contribution in [3.05, 3.63) is 75.7 Å². The summed E-state index contributed by atoms with van der Waals surface area (Å²) in [5.74, 6) is 0.726. The molecule has 1 fully saturated rings. The molecule has 2 aliphatic heterocycles. The van der Waals surface area contributed by atoms with Gasteiger partial charge in [0, 0.05) is 17.8 Å². The molecule has 214 valence electrons. The number of ether oxygens (including phenoxy) is 1. The zero-order valence-corrected chi connectivity index (χ0v) is 27.2. The highest BCUT2D eigenvalue weighted by Gasteiger charge is 2.52. The quantitative estimate of drug-likeness (QED) is 0.308. The molecular formula is C31H47NO5Si2. The molecule has 2 aromatic rings. The summed E-state index contributed by atoms with van der Waals surface area (Å²) in [5, 5.41) is 0. The van der Waals surface area contributed by atoms with Crippen LogP contribution in [0.5, 0.6) is 0 Å². The minimum Gasteiger partial charge on any atom is -0.485 e. The first-order chi connectivity index (χ1) is 18.4. The molecular weight excluding hydrogens is 523 g/mol. The molecule has 3 atom stereocenters. The third kappa shape index (κ3) is 6.35. The van der Waals surface area contributed by atoms with Gasteiger partial charge in [0.1, 0.15) is 18.0 Å². The van der Waals surface area contributed by atoms with Gasteiger partial charge < -0.3 is 22.6 Å². The van der Waals surface area contributed by atoms with E-state index in [1.165, 1.54) is 5.56 Å². The lowest BCUT2D eigenvalue weighted by atomic mass is 10.0. The Balaban J connectivity index is 1.72. The largest absolute Gasteiger partial charge is 0.485 e. The van der Waals surface area contributed by atoms with E-state index in [0.29, 0.717) is 29.8 Å². The molecule has 1 aromatic heterocycles. The molecule has 2 aliphatic rings. The molecule has 4 rings (SSSR count). The van der Waals surface area contributed by atoms with Crippen LogP contribution in [0.4, 0.5) is 0 Å². The van der Waals surface area contributed by atoms with Crippen LogP contribution in [0.3, 0.4) is 0 Å². The summed E-state index contributed by atoms with van der Waals surface area (Å²) >= 11 is 0. The number of hydrogen-bond donors (Lipinski definition) is 0. The Morgan fingerprint density at radius 2 is 1.59 bits per heavy atom. The van der Waals surface area contributed by atoms with Gasteiger partial charge in [-0.05, 0) is 59.4 Å². The van der Waals surface area contributed by atoms with Gasteiger partial charge in [0.25, 0.3) is 5.56 Å². The summed E-state index contributed by atoms with van der Waals surface area (Å²) in [6.07, 6.45) is 4.28. The zero-order chi connectivity index (χ0) is 28.5. The molecule has 0 saturated carbocycles. The molecule has 0 aliphatic carbocycles. The Hall–Kier alpha value is -1.98. The van der Waals surface area contributed by atoms with E-state index in [9.17, 15) is 4.79 Å². The van der Waals surface area contributed by atoms with Gasteiger partial charge in [0.05, 0.1) is 19.3 Å². The topological polar surface area (TPSA) is 58.9 Å². The molecule has 0 bridgehead atoms. The van der Waals surface area contributed by atoms with Crippen molar-refractivity contribution in [2.75, 3.05) is 6.61 Å². The molecule has 39 heavy (non-hydrogen) atoms. The standard InChI is InChI=1S/C31H47NO5Si2/c1-10-24-11-13-25(14-12-24)18-32-19-26(15-16-30(32)33)27-17-28(31-29(35-27)20-34-38(8,9)37-31)36-39(21(2)3,22(4)5)23(6)7/h11-17,19,21-23,28-29,31H,10,18,20H2,1-9H3/t28-,29-,31+/m1/s1. The van der Waals surface area contributed by atoms with Gasteiger partial charge in [-0.1, -0.05) is 72.7 Å². The molecule has 0 N–H and O–H groups in total. The molecule has 0 unspecified atom stereocenters. The summed E-state index contributed by atoms with van der Waals surface area (Å²) in [7, 11) is -4.49. The Kier molecular flexibility index (Phi) is 9.13. The Morgan fingerprint density at radius 3 is 2.18 bits per heavy atom. The number of nitrogens with zero attached hydrogens (tertiary/aromatic N) is 1. The predicted octanol–water partition coefficient (Wildman–Crippen LogP) is 6.88. The Bertz CT molecular complexity index is 1200. The van der Waals surface area contributed by atoms with Crippen molar-refractivity contribution in [3.8, 4) is 0 Å². The monoisotopic (exact) mass is 569 g/mol. The lowest BCUT2D eigenvalue weighted by molar-refractivity contribution is -0.101. The van der Waals surface area contributed by atoms with Gasteiger partial charge in [0.15, 0.2) is 0 Å². The number of fused-ring (bicyclic) bond motifs is 1. The molecule has 1 aromatic carbocycles. The highest BCUT2D eigenvalue weighted by molar-refractivity contribution is 6.77.